The molecule has 1 amide bonds. The molecule has 1 aliphatic rings. The second kappa shape index (κ2) is 6.02. The van der Waals surface area contributed by atoms with Gasteiger partial charge < -0.3 is 15.4 Å². The number of likely N-dealkylation sites (tertiary alicyclic amines) is 1. The molecular weight excluding hydrogens is 271 g/mol. The van der Waals surface area contributed by atoms with E-state index in [0.717, 1.165) is 12.0 Å². The maximum Gasteiger partial charge on any atom is 0.410 e. The zero-order valence-corrected chi connectivity index (χ0v) is 12.8. The van der Waals surface area contributed by atoms with Gasteiger partial charge in [0.2, 0.25) is 0 Å². The molecule has 4 nitrogen and oxygen atoms in total. The normalized spacial score (nSPS) is 23.0. The zero-order valence-electron chi connectivity index (χ0n) is 12.8. The van der Waals surface area contributed by atoms with E-state index in [1.807, 2.05) is 26.8 Å². The van der Waals surface area contributed by atoms with Crippen LogP contribution in [0.5, 0.6) is 0 Å². The van der Waals surface area contributed by atoms with Gasteiger partial charge >= 0.3 is 6.09 Å². The Hall–Kier alpha value is -1.62. The summed E-state index contributed by atoms with van der Waals surface area (Å²) in [5.41, 5.74) is 6.39. The molecular formula is C16H23FN2O2. The molecule has 21 heavy (non-hydrogen) atoms. The first-order chi connectivity index (χ1) is 9.74. The molecule has 1 aromatic carbocycles. The van der Waals surface area contributed by atoms with Gasteiger partial charge in [-0.25, -0.2) is 9.18 Å². The van der Waals surface area contributed by atoms with Crippen molar-refractivity contribution in [3.8, 4) is 0 Å². The third kappa shape index (κ3) is 4.43. The van der Waals surface area contributed by atoms with Gasteiger partial charge in [0.15, 0.2) is 0 Å². The number of ether oxygens (including phenoxy) is 1. The van der Waals surface area contributed by atoms with Crippen LogP contribution in [0.2, 0.25) is 0 Å². The summed E-state index contributed by atoms with van der Waals surface area (Å²) in [6, 6.07) is 6.36. The van der Waals surface area contributed by atoms with E-state index in [-0.39, 0.29) is 23.9 Å². The molecule has 2 rings (SSSR count). The van der Waals surface area contributed by atoms with Gasteiger partial charge in [0.25, 0.3) is 0 Å². The summed E-state index contributed by atoms with van der Waals surface area (Å²) in [6.07, 6.45) is 0.377. The Bertz CT molecular complexity index is 513. The molecule has 1 aliphatic heterocycles. The van der Waals surface area contributed by atoms with Crippen molar-refractivity contribution in [2.75, 3.05) is 13.1 Å². The van der Waals surface area contributed by atoms with Crippen molar-refractivity contribution in [2.24, 2.45) is 5.73 Å². The number of nitrogens with zero attached hydrogens (tertiary/aromatic N) is 1. The van der Waals surface area contributed by atoms with Crippen molar-refractivity contribution in [1.82, 2.24) is 4.90 Å². The smallest absolute Gasteiger partial charge is 0.410 e. The van der Waals surface area contributed by atoms with Gasteiger partial charge in [-0.3, -0.25) is 0 Å². The highest BCUT2D eigenvalue weighted by molar-refractivity contribution is 5.68. The summed E-state index contributed by atoms with van der Waals surface area (Å²) < 4.78 is 18.8. The van der Waals surface area contributed by atoms with Crippen LogP contribution in [0.4, 0.5) is 9.18 Å². The Morgan fingerprint density at radius 3 is 2.71 bits per heavy atom. The van der Waals surface area contributed by atoms with Crippen molar-refractivity contribution >= 4 is 6.09 Å². The minimum atomic E-state index is -0.535. The van der Waals surface area contributed by atoms with E-state index < -0.39 is 5.60 Å². The second-order valence-corrected chi connectivity index (χ2v) is 6.63. The third-order valence-electron chi connectivity index (χ3n) is 3.45. The van der Waals surface area contributed by atoms with Crippen LogP contribution in [0.1, 0.15) is 38.7 Å². The van der Waals surface area contributed by atoms with E-state index in [1.165, 1.54) is 12.1 Å². The molecule has 2 atom stereocenters. The highest BCUT2D eigenvalue weighted by Gasteiger charge is 2.31. The quantitative estimate of drug-likeness (QED) is 0.866. The summed E-state index contributed by atoms with van der Waals surface area (Å²) in [4.78, 5) is 13.8. The fourth-order valence-electron chi connectivity index (χ4n) is 2.62. The molecule has 0 spiro atoms. The molecule has 1 heterocycles. The summed E-state index contributed by atoms with van der Waals surface area (Å²) in [7, 11) is 0. The van der Waals surface area contributed by atoms with Crippen molar-refractivity contribution in [2.45, 2.75) is 44.8 Å². The van der Waals surface area contributed by atoms with Crippen LogP contribution in [-0.2, 0) is 4.74 Å². The van der Waals surface area contributed by atoms with E-state index in [0.29, 0.717) is 13.1 Å². The first-order valence-electron chi connectivity index (χ1n) is 7.23. The van der Waals surface area contributed by atoms with Crippen LogP contribution in [-0.4, -0.2) is 35.7 Å². The highest BCUT2D eigenvalue weighted by atomic mass is 19.1. The Kier molecular flexibility index (Phi) is 4.52. The SMILES string of the molecule is CC(C)(C)OC(=O)N1CC(N)CC(c2cccc(F)c2)C1. The van der Waals surface area contributed by atoms with Crippen molar-refractivity contribution in [3.63, 3.8) is 0 Å². The average Bonchev–Trinajstić information content (AvgIpc) is 2.36. The van der Waals surface area contributed by atoms with Crippen LogP contribution < -0.4 is 5.73 Å². The Labute approximate surface area is 125 Å². The second-order valence-electron chi connectivity index (χ2n) is 6.63. The van der Waals surface area contributed by atoms with E-state index in [1.54, 1.807) is 11.0 Å². The van der Waals surface area contributed by atoms with Crippen LogP contribution in [0.15, 0.2) is 24.3 Å². The lowest BCUT2D eigenvalue weighted by Crippen LogP contribution is -2.50. The van der Waals surface area contributed by atoms with Crippen LogP contribution in [0.25, 0.3) is 0 Å². The third-order valence-corrected chi connectivity index (χ3v) is 3.45. The molecule has 2 unspecified atom stereocenters. The van der Waals surface area contributed by atoms with Crippen LogP contribution in [0, 0.1) is 5.82 Å². The van der Waals surface area contributed by atoms with E-state index in [9.17, 15) is 9.18 Å². The van der Waals surface area contributed by atoms with E-state index in [4.69, 9.17) is 10.5 Å². The Morgan fingerprint density at radius 2 is 2.10 bits per heavy atom. The Balaban J connectivity index is 2.10. The first kappa shape index (κ1) is 15.8. The van der Waals surface area contributed by atoms with E-state index in [2.05, 4.69) is 0 Å². The fraction of sp³-hybridized carbons (Fsp3) is 0.562. The number of halogens is 1. The maximum atomic E-state index is 13.4. The molecule has 5 heteroatoms. The molecule has 0 aromatic heterocycles. The standard InChI is InChI=1S/C16H23FN2O2/c1-16(2,3)21-15(20)19-9-12(8-14(18)10-19)11-5-4-6-13(17)7-11/h4-7,12,14H,8-10,18H2,1-3H3. The zero-order chi connectivity index (χ0) is 15.6. The molecule has 1 aromatic rings. The first-order valence-corrected chi connectivity index (χ1v) is 7.23. The molecule has 1 saturated heterocycles. The number of hydrogen-bond donors (Lipinski definition) is 1. The van der Waals surface area contributed by atoms with Crippen molar-refractivity contribution < 1.29 is 13.9 Å². The lowest BCUT2D eigenvalue weighted by atomic mass is 9.88. The van der Waals surface area contributed by atoms with Gasteiger partial charge in [-0.2, -0.15) is 0 Å². The molecule has 2 N–H and O–H groups in total. The number of hydrogen-bond acceptors (Lipinski definition) is 3. The van der Waals surface area contributed by atoms with Gasteiger partial charge in [0.05, 0.1) is 0 Å². The average molecular weight is 294 g/mol. The summed E-state index contributed by atoms with van der Waals surface area (Å²) in [5.74, 6) is -0.229. The molecule has 1 fully saturated rings. The molecule has 0 bridgehead atoms. The minimum Gasteiger partial charge on any atom is -0.444 e. The molecule has 116 valence electrons. The molecule has 0 saturated carbocycles. The van der Waals surface area contributed by atoms with Crippen LogP contribution in [0.3, 0.4) is 0 Å². The predicted octanol–water partition coefficient (Wildman–Crippen LogP) is 2.88. The molecule has 0 radical (unpaired) electrons. The van der Waals surface area contributed by atoms with Gasteiger partial charge in [0, 0.05) is 25.0 Å². The topological polar surface area (TPSA) is 55.6 Å². The number of rotatable bonds is 1. The van der Waals surface area contributed by atoms with Crippen molar-refractivity contribution in [1.29, 1.82) is 0 Å². The van der Waals surface area contributed by atoms with Crippen molar-refractivity contribution in [3.05, 3.63) is 35.6 Å². The van der Waals surface area contributed by atoms with Gasteiger partial charge in [-0.1, -0.05) is 12.1 Å². The number of amides is 1. The Morgan fingerprint density at radius 1 is 1.38 bits per heavy atom. The number of carbonyl (C=O) groups excluding carboxylic acids is 1. The minimum absolute atomic E-state index is 0.0389. The monoisotopic (exact) mass is 294 g/mol. The van der Waals surface area contributed by atoms with E-state index >= 15 is 0 Å². The predicted molar refractivity (Wildman–Crippen MR) is 79.5 cm³/mol. The number of benzene rings is 1. The lowest BCUT2D eigenvalue weighted by Gasteiger charge is -2.37. The van der Waals surface area contributed by atoms with Crippen LogP contribution >= 0.6 is 0 Å². The highest BCUT2D eigenvalue weighted by Crippen LogP contribution is 2.27. The number of carbonyl (C=O) groups is 1. The maximum absolute atomic E-state index is 13.4. The summed E-state index contributed by atoms with van der Waals surface area (Å²) >= 11 is 0. The number of piperidine rings is 1. The summed E-state index contributed by atoms with van der Waals surface area (Å²) in [5, 5.41) is 0. The number of nitrogens with two attached hydrogens (primary N) is 1. The van der Waals surface area contributed by atoms with Gasteiger partial charge in [-0.15, -0.1) is 0 Å². The lowest BCUT2D eigenvalue weighted by molar-refractivity contribution is 0.0180. The summed E-state index contributed by atoms with van der Waals surface area (Å²) in [6.45, 7) is 6.48. The molecule has 0 aliphatic carbocycles. The van der Waals surface area contributed by atoms with Gasteiger partial charge in [0.1, 0.15) is 11.4 Å². The fourth-order valence-corrected chi connectivity index (χ4v) is 2.62. The van der Waals surface area contributed by atoms with Gasteiger partial charge in [-0.05, 0) is 44.9 Å². The largest absolute Gasteiger partial charge is 0.444 e.